The van der Waals surface area contributed by atoms with Crippen molar-refractivity contribution in [2.75, 3.05) is 13.7 Å². The molecule has 2 aromatic rings. The third kappa shape index (κ3) is 7.28. The Morgan fingerprint density at radius 3 is 2.59 bits per heavy atom. The van der Waals surface area contributed by atoms with E-state index < -0.39 is 11.6 Å². The van der Waals surface area contributed by atoms with Crippen molar-refractivity contribution < 1.29 is 13.5 Å². The molecule has 1 aromatic carbocycles. The number of guanidine groups is 1. The summed E-state index contributed by atoms with van der Waals surface area (Å²) in [7, 11) is 1.65. The van der Waals surface area contributed by atoms with Crippen LogP contribution in [0.5, 0.6) is 5.88 Å². The van der Waals surface area contributed by atoms with Crippen LogP contribution in [0.1, 0.15) is 37.4 Å². The average Bonchev–Trinajstić information content (AvgIpc) is 2.66. The van der Waals surface area contributed by atoms with Gasteiger partial charge in [-0.25, -0.2) is 13.8 Å². The summed E-state index contributed by atoms with van der Waals surface area (Å²) in [5.41, 5.74) is 1.60. The van der Waals surface area contributed by atoms with Crippen molar-refractivity contribution >= 4 is 29.9 Å². The summed E-state index contributed by atoms with van der Waals surface area (Å²) in [6.07, 6.45) is 2.67. The zero-order chi connectivity index (χ0) is 18.9. The quantitative estimate of drug-likeness (QED) is 0.347. The van der Waals surface area contributed by atoms with Crippen LogP contribution in [0, 0.1) is 11.6 Å². The number of hydrogen-bond acceptors (Lipinski definition) is 3. The molecule has 5 nitrogen and oxygen atoms in total. The lowest BCUT2D eigenvalue weighted by Gasteiger charge is -2.18. The van der Waals surface area contributed by atoms with Crippen molar-refractivity contribution in [1.29, 1.82) is 0 Å². The van der Waals surface area contributed by atoms with Gasteiger partial charge in [0, 0.05) is 25.9 Å². The van der Waals surface area contributed by atoms with Gasteiger partial charge in [-0.2, -0.15) is 0 Å². The maximum absolute atomic E-state index is 13.4. The number of halogens is 3. The van der Waals surface area contributed by atoms with E-state index in [-0.39, 0.29) is 30.0 Å². The second-order valence-electron chi connectivity index (χ2n) is 5.82. The molecule has 0 radical (unpaired) electrons. The van der Waals surface area contributed by atoms with Crippen LogP contribution in [-0.4, -0.2) is 24.6 Å². The van der Waals surface area contributed by atoms with Crippen molar-refractivity contribution in [3.63, 3.8) is 0 Å². The number of ether oxygens (including phenoxy) is 1. The lowest BCUT2D eigenvalue weighted by Crippen LogP contribution is -2.38. The largest absolute Gasteiger partial charge is 0.478 e. The minimum Gasteiger partial charge on any atom is -0.478 e. The first-order valence-electron chi connectivity index (χ1n) is 8.53. The van der Waals surface area contributed by atoms with Gasteiger partial charge in [-0.3, -0.25) is 4.99 Å². The van der Waals surface area contributed by atoms with Gasteiger partial charge in [-0.1, -0.05) is 19.1 Å². The van der Waals surface area contributed by atoms with Crippen molar-refractivity contribution in [2.24, 2.45) is 4.99 Å². The summed E-state index contributed by atoms with van der Waals surface area (Å²) in [4.78, 5) is 8.39. The highest BCUT2D eigenvalue weighted by Crippen LogP contribution is 2.16. The highest BCUT2D eigenvalue weighted by molar-refractivity contribution is 14.0. The molecule has 0 fully saturated rings. The Bertz CT molecular complexity index is 741. The van der Waals surface area contributed by atoms with E-state index in [1.807, 2.05) is 26.0 Å². The minimum absolute atomic E-state index is 0. The number of aliphatic imine (C=N–C) groups is 1. The van der Waals surface area contributed by atoms with E-state index in [1.165, 1.54) is 6.07 Å². The van der Waals surface area contributed by atoms with Crippen molar-refractivity contribution in [3.8, 4) is 5.88 Å². The molecule has 148 valence electrons. The Kier molecular flexibility index (Phi) is 9.98. The number of benzene rings is 1. The van der Waals surface area contributed by atoms with Crippen LogP contribution in [0.2, 0.25) is 0 Å². The van der Waals surface area contributed by atoms with Gasteiger partial charge in [0.25, 0.3) is 0 Å². The lowest BCUT2D eigenvalue weighted by molar-refractivity contribution is 0.305. The van der Waals surface area contributed by atoms with Gasteiger partial charge < -0.3 is 15.4 Å². The summed E-state index contributed by atoms with van der Waals surface area (Å²) in [5, 5.41) is 6.31. The summed E-state index contributed by atoms with van der Waals surface area (Å²) in [6, 6.07) is 7.36. The third-order valence-corrected chi connectivity index (χ3v) is 3.73. The number of rotatable bonds is 7. The maximum Gasteiger partial charge on any atom is 0.213 e. The molecule has 2 rings (SSSR count). The Labute approximate surface area is 175 Å². The molecule has 1 aromatic heterocycles. The molecule has 0 amide bonds. The first kappa shape index (κ1) is 23.1. The van der Waals surface area contributed by atoms with E-state index in [4.69, 9.17) is 4.74 Å². The van der Waals surface area contributed by atoms with Crippen molar-refractivity contribution in [1.82, 2.24) is 15.6 Å². The molecule has 27 heavy (non-hydrogen) atoms. The van der Waals surface area contributed by atoms with Crippen molar-refractivity contribution in [2.45, 2.75) is 32.9 Å². The zero-order valence-electron chi connectivity index (χ0n) is 15.6. The fourth-order valence-corrected chi connectivity index (χ4v) is 2.26. The summed E-state index contributed by atoms with van der Waals surface area (Å²) in [5.74, 6) is -0.573. The van der Waals surface area contributed by atoms with Crippen molar-refractivity contribution in [3.05, 3.63) is 59.3 Å². The topological polar surface area (TPSA) is 58.5 Å². The molecule has 0 saturated carbocycles. The number of aromatic nitrogens is 1. The molecule has 1 atom stereocenters. The van der Waals surface area contributed by atoms with Gasteiger partial charge in [0.15, 0.2) is 17.6 Å². The van der Waals surface area contributed by atoms with Gasteiger partial charge >= 0.3 is 0 Å². The molecule has 0 aliphatic rings. The van der Waals surface area contributed by atoms with E-state index in [0.29, 0.717) is 30.6 Å². The van der Waals surface area contributed by atoms with E-state index in [0.717, 1.165) is 18.1 Å². The standard InChI is InChI=1S/C19H24F2N4O.HI/c1-4-9-26-18-8-5-14(11-23-18)12-24-19(22-3)25-13(2)15-6-7-16(20)17(21)10-15;/h5-8,10-11,13H,4,9,12H2,1-3H3,(H2,22,24,25);1H. The summed E-state index contributed by atoms with van der Waals surface area (Å²) >= 11 is 0. The lowest BCUT2D eigenvalue weighted by atomic mass is 10.1. The second-order valence-corrected chi connectivity index (χ2v) is 5.82. The first-order valence-corrected chi connectivity index (χ1v) is 8.53. The molecule has 2 N–H and O–H groups in total. The van der Waals surface area contributed by atoms with E-state index in [9.17, 15) is 8.78 Å². The summed E-state index contributed by atoms with van der Waals surface area (Å²) < 4.78 is 31.9. The number of hydrogen-bond donors (Lipinski definition) is 2. The monoisotopic (exact) mass is 490 g/mol. The van der Waals surface area contributed by atoms with Crippen LogP contribution < -0.4 is 15.4 Å². The highest BCUT2D eigenvalue weighted by Gasteiger charge is 2.11. The third-order valence-electron chi connectivity index (χ3n) is 3.73. The molecule has 0 aliphatic heterocycles. The van der Waals surface area contributed by atoms with Crippen LogP contribution in [-0.2, 0) is 6.54 Å². The predicted octanol–water partition coefficient (Wildman–Crippen LogP) is 4.19. The van der Waals surface area contributed by atoms with E-state index in [1.54, 1.807) is 19.3 Å². The van der Waals surface area contributed by atoms with Gasteiger partial charge in [-0.15, -0.1) is 24.0 Å². The fourth-order valence-electron chi connectivity index (χ4n) is 2.26. The number of nitrogens with one attached hydrogen (secondary N) is 2. The first-order chi connectivity index (χ1) is 12.5. The van der Waals surface area contributed by atoms with Gasteiger partial charge in [0.1, 0.15) is 0 Å². The van der Waals surface area contributed by atoms with E-state index in [2.05, 4.69) is 20.6 Å². The van der Waals surface area contributed by atoms with Crippen LogP contribution in [0.3, 0.4) is 0 Å². The Hall–Kier alpha value is -1.97. The molecular formula is C19H25F2IN4O. The minimum atomic E-state index is -0.865. The molecular weight excluding hydrogens is 465 g/mol. The second kappa shape index (κ2) is 11.7. The number of nitrogens with zero attached hydrogens (tertiary/aromatic N) is 2. The Morgan fingerprint density at radius 1 is 1.22 bits per heavy atom. The SMILES string of the molecule is CCCOc1ccc(CNC(=NC)NC(C)c2ccc(F)c(F)c2)cn1.I. The van der Waals surface area contributed by atoms with Crippen LogP contribution in [0.25, 0.3) is 0 Å². The smallest absolute Gasteiger partial charge is 0.213 e. The van der Waals surface area contributed by atoms with Crippen LogP contribution in [0.4, 0.5) is 8.78 Å². The molecule has 0 aliphatic carbocycles. The van der Waals surface area contributed by atoms with Gasteiger partial charge in [0.2, 0.25) is 5.88 Å². The van der Waals surface area contributed by atoms with Crippen LogP contribution in [0.15, 0.2) is 41.5 Å². The van der Waals surface area contributed by atoms with E-state index >= 15 is 0 Å². The highest BCUT2D eigenvalue weighted by atomic mass is 127. The van der Waals surface area contributed by atoms with Gasteiger partial charge in [0.05, 0.1) is 12.6 Å². The normalized spacial score (nSPS) is 12.1. The maximum atomic E-state index is 13.4. The average molecular weight is 490 g/mol. The van der Waals surface area contributed by atoms with Gasteiger partial charge in [-0.05, 0) is 36.6 Å². The molecule has 0 spiro atoms. The Balaban J connectivity index is 0.00000364. The predicted molar refractivity (Wildman–Crippen MR) is 114 cm³/mol. The number of pyridine rings is 1. The van der Waals surface area contributed by atoms with Crippen LogP contribution >= 0.6 is 24.0 Å². The molecule has 1 heterocycles. The Morgan fingerprint density at radius 2 is 2.00 bits per heavy atom. The fraction of sp³-hybridized carbons (Fsp3) is 0.368. The zero-order valence-corrected chi connectivity index (χ0v) is 18.0. The molecule has 1 unspecified atom stereocenters. The molecule has 0 bridgehead atoms. The molecule has 8 heteroatoms. The molecule has 0 saturated heterocycles. The summed E-state index contributed by atoms with van der Waals surface area (Å²) in [6.45, 7) is 5.05.